The van der Waals surface area contributed by atoms with Gasteiger partial charge in [0.15, 0.2) is 0 Å². The van der Waals surface area contributed by atoms with E-state index in [4.69, 9.17) is 22.4 Å². The number of hydrogen-bond donors (Lipinski definition) is 1. The molecule has 0 aliphatic heterocycles. The van der Waals surface area contributed by atoms with Gasteiger partial charge in [0, 0.05) is 18.9 Å². The lowest BCUT2D eigenvalue weighted by Crippen LogP contribution is -2.14. The van der Waals surface area contributed by atoms with Crippen LogP contribution in [0.25, 0.3) is 0 Å². The Balaban J connectivity index is 0.000000160. The summed E-state index contributed by atoms with van der Waals surface area (Å²) >= 11 is 5.59. The van der Waals surface area contributed by atoms with Crippen LogP contribution in [0.5, 0.6) is 0 Å². The molecule has 0 unspecified atom stereocenters. The number of fused-ring (bicyclic) bond motifs is 1. The Bertz CT molecular complexity index is 744. The van der Waals surface area contributed by atoms with Gasteiger partial charge in [0.25, 0.3) is 5.91 Å². The molecule has 1 fully saturated rings. The topological polar surface area (TPSA) is 73.8 Å². The van der Waals surface area contributed by atoms with Crippen molar-refractivity contribution in [2.45, 2.75) is 64.8 Å². The van der Waals surface area contributed by atoms with Crippen molar-refractivity contribution in [2.75, 3.05) is 0 Å². The zero-order valence-electron chi connectivity index (χ0n) is 15.4. The summed E-state index contributed by atoms with van der Waals surface area (Å²) in [6.45, 7) is 2.88. The molecule has 0 atom stereocenters. The number of aromatic nitrogens is 3. The molecule has 1 amide bonds. The number of aryl methyl sites for hydroxylation is 3. The van der Waals surface area contributed by atoms with E-state index in [2.05, 4.69) is 15.9 Å². The minimum Gasteiger partial charge on any atom is -0.366 e. The van der Waals surface area contributed by atoms with E-state index < -0.39 is 5.91 Å². The van der Waals surface area contributed by atoms with Crippen LogP contribution in [-0.4, -0.2) is 20.7 Å². The maximum atomic E-state index is 10.7. The predicted octanol–water partition coefficient (Wildman–Crippen LogP) is 4.09. The summed E-state index contributed by atoms with van der Waals surface area (Å²) in [6.07, 6.45) is 14.7. The molecule has 2 aliphatic rings. The quantitative estimate of drug-likeness (QED) is 0.879. The summed E-state index contributed by atoms with van der Waals surface area (Å²) in [4.78, 5) is 14.6. The van der Waals surface area contributed by atoms with Gasteiger partial charge < -0.3 is 5.73 Å². The van der Waals surface area contributed by atoms with Gasteiger partial charge >= 0.3 is 0 Å². The third-order valence-electron chi connectivity index (χ3n) is 5.27. The van der Waals surface area contributed by atoms with Crippen LogP contribution in [0.15, 0.2) is 18.5 Å². The van der Waals surface area contributed by atoms with Crippen molar-refractivity contribution in [3.05, 3.63) is 46.0 Å². The summed E-state index contributed by atoms with van der Waals surface area (Å²) in [5.74, 6) is 0.399. The molecular weight excluding hydrogens is 348 g/mol. The van der Waals surface area contributed by atoms with Crippen molar-refractivity contribution in [2.24, 2.45) is 11.7 Å². The molecular formula is C20H27ClN4O. The number of halogens is 1. The number of amides is 1. The molecule has 0 aromatic carbocycles. The summed E-state index contributed by atoms with van der Waals surface area (Å²) in [5, 5.41) is 5.12. The average Bonchev–Trinajstić information content (AvgIpc) is 3.20. The van der Waals surface area contributed by atoms with Gasteiger partial charge in [-0.1, -0.05) is 30.9 Å². The maximum Gasteiger partial charge on any atom is 0.250 e. The molecule has 1 saturated carbocycles. The monoisotopic (exact) mass is 374 g/mol. The van der Waals surface area contributed by atoms with Gasteiger partial charge in [0.2, 0.25) is 0 Å². The van der Waals surface area contributed by atoms with Crippen LogP contribution in [0.2, 0.25) is 5.02 Å². The number of nitrogens with two attached hydrogens (primary N) is 1. The van der Waals surface area contributed by atoms with Crippen LogP contribution in [0, 0.1) is 12.8 Å². The standard InChI is InChI=1S/C13H20N2.C7H7ClN2O/c1-2-5-11(6-3-1)9-15-10-12-7-4-8-13(12)14-15;1-4-6(7(9)11)2-5(8)3-10-4/h10-11H,1-9H2;2-3H,1H3,(H2,9,11). The molecule has 2 aromatic heterocycles. The van der Waals surface area contributed by atoms with E-state index in [-0.39, 0.29) is 0 Å². The Hall–Kier alpha value is -1.88. The van der Waals surface area contributed by atoms with Crippen molar-refractivity contribution in [3.63, 3.8) is 0 Å². The maximum absolute atomic E-state index is 10.7. The van der Waals surface area contributed by atoms with Gasteiger partial charge in [-0.2, -0.15) is 5.10 Å². The molecule has 6 heteroatoms. The fraction of sp³-hybridized carbons (Fsp3) is 0.550. The Labute approximate surface area is 159 Å². The molecule has 140 valence electrons. The fourth-order valence-corrected chi connectivity index (χ4v) is 4.01. The lowest BCUT2D eigenvalue weighted by Gasteiger charge is -2.21. The minimum atomic E-state index is -0.502. The van der Waals surface area contributed by atoms with Crippen molar-refractivity contribution in [1.82, 2.24) is 14.8 Å². The summed E-state index contributed by atoms with van der Waals surface area (Å²) < 4.78 is 2.22. The van der Waals surface area contributed by atoms with Gasteiger partial charge in [-0.05, 0) is 56.6 Å². The normalized spacial score (nSPS) is 16.7. The lowest BCUT2D eigenvalue weighted by molar-refractivity contribution is 0.0999. The smallest absolute Gasteiger partial charge is 0.250 e. The first kappa shape index (κ1) is 18.9. The first-order valence-corrected chi connectivity index (χ1v) is 9.88. The van der Waals surface area contributed by atoms with Crippen LogP contribution in [-0.2, 0) is 19.4 Å². The highest BCUT2D eigenvalue weighted by Crippen LogP contribution is 2.26. The fourth-order valence-electron chi connectivity index (χ4n) is 3.85. The van der Waals surface area contributed by atoms with Crippen molar-refractivity contribution < 1.29 is 4.79 Å². The number of hydrogen-bond acceptors (Lipinski definition) is 3. The molecule has 2 N–H and O–H groups in total. The Morgan fingerprint density at radius 3 is 2.69 bits per heavy atom. The van der Waals surface area contributed by atoms with Crippen LogP contribution < -0.4 is 5.73 Å². The van der Waals surface area contributed by atoms with E-state index in [0.717, 1.165) is 5.92 Å². The van der Waals surface area contributed by atoms with Gasteiger partial charge in [-0.25, -0.2) is 0 Å². The highest BCUT2D eigenvalue weighted by Gasteiger charge is 2.18. The van der Waals surface area contributed by atoms with Gasteiger partial charge in [0.05, 0.1) is 22.0 Å². The van der Waals surface area contributed by atoms with Gasteiger partial charge in [-0.3, -0.25) is 14.5 Å². The van der Waals surface area contributed by atoms with Crippen molar-refractivity contribution >= 4 is 17.5 Å². The number of carbonyl (C=O) groups is 1. The third-order valence-corrected chi connectivity index (χ3v) is 5.48. The summed E-state index contributed by atoms with van der Waals surface area (Å²) in [7, 11) is 0. The Kier molecular flexibility index (Phi) is 6.30. The second-order valence-electron chi connectivity index (χ2n) is 7.33. The highest BCUT2D eigenvalue weighted by molar-refractivity contribution is 6.30. The van der Waals surface area contributed by atoms with Crippen molar-refractivity contribution in [3.8, 4) is 0 Å². The first-order chi connectivity index (χ1) is 12.5. The molecule has 0 spiro atoms. The van der Waals surface area contributed by atoms with E-state index in [1.165, 1.54) is 81.4 Å². The number of primary amides is 1. The predicted molar refractivity (Wildman–Crippen MR) is 103 cm³/mol. The number of rotatable bonds is 3. The van der Waals surface area contributed by atoms with Crippen LogP contribution in [0.3, 0.4) is 0 Å². The number of nitrogens with zero attached hydrogens (tertiary/aromatic N) is 3. The van der Waals surface area contributed by atoms with E-state index in [1.807, 2.05) is 0 Å². The van der Waals surface area contributed by atoms with Gasteiger partial charge in [0.1, 0.15) is 0 Å². The SMILES string of the molecule is Cc1ncc(Cl)cc1C(N)=O.c1c2c(nn1CC1CCCCC1)CCC2. The largest absolute Gasteiger partial charge is 0.366 e. The van der Waals surface area contributed by atoms with Gasteiger partial charge in [-0.15, -0.1) is 0 Å². The lowest BCUT2D eigenvalue weighted by atomic mass is 9.89. The number of pyridine rings is 1. The van der Waals surface area contributed by atoms with E-state index in [9.17, 15) is 4.79 Å². The Morgan fingerprint density at radius 1 is 1.27 bits per heavy atom. The van der Waals surface area contributed by atoms with E-state index in [1.54, 1.807) is 6.92 Å². The zero-order chi connectivity index (χ0) is 18.5. The zero-order valence-corrected chi connectivity index (χ0v) is 16.1. The second-order valence-corrected chi connectivity index (χ2v) is 7.77. The van der Waals surface area contributed by atoms with Crippen LogP contribution >= 0.6 is 11.6 Å². The van der Waals surface area contributed by atoms with Crippen molar-refractivity contribution in [1.29, 1.82) is 0 Å². The van der Waals surface area contributed by atoms with Crippen LogP contribution in [0.4, 0.5) is 0 Å². The number of carbonyl (C=O) groups excluding carboxylic acids is 1. The molecule has 0 bridgehead atoms. The molecule has 2 aromatic rings. The summed E-state index contributed by atoms with van der Waals surface area (Å²) in [5.41, 5.74) is 8.92. The molecule has 0 saturated heterocycles. The highest BCUT2D eigenvalue weighted by atomic mass is 35.5. The minimum absolute atomic E-state index is 0.373. The van der Waals surface area contributed by atoms with E-state index >= 15 is 0 Å². The first-order valence-electron chi connectivity index (χ1n) is 9.50. The molecule has 2 heterocycles. The average molecular weight is 375 g/mol. The molecule has 0 radical (unpaired) electrons. The third kappa shape index (κ3) is 4.85. The molecule has 5 nitrogen and oxygen atoms in total. The van der Waals surface area contributed by atoms with E-state index in [0.29, 0.717) is 16.3 Å². The molecule has 26 heavy (non-hydrogen) atoms. The molecule has 2 aliphatic carbocycles. The van der Waals surface area contributed by atoms with Crippen LogP contribution in [0.1, 0.15) is 65.8 Å². The summed E-state index contributed by atoms with van der Waals surface area (Å²) in [6, 6.07) is 1.51. The molecule has 4 rings (SSSR count). The Morgan fingerprint density at radius 2 is 2.04 bits per heavy atom. The second kappa shape index (κ2) is 8.67.